The molecule has 19 heavy (non-hydrogen) atoms. The zero-order chi connectivity index (χ0) is 13.7. The minimum atomic E-state index is -0.626. The third-order valence-corrected chi connectivity index (χ3v) is 3.43. The van der Waals surface area contributed by atoms with Gasteiger partial charge in [-0.3, -0.25) is 0 Å². The minimum absolute atomic E-state index is 0.583. The summed E-state index contributed by atoms with van der Waals surface area (Å²) in [6, 6.07) is 2.00. The number of nitrogens with zero attached hydrogens (tertiary/aromatic N) is 1. The zero-order valence-electron chi connectivity index (χ0n) is 11.9. The number of rotatable bonds is 6. The van der Waals surface area contributed by atoms with Crippen LogP contribution < -0.4 is 10.6 Å². The van der Waals surface area contributed by atoms with Crippen LogP contribution in [0.25, 0.3) is 0 Å². The molecule has 2 rings (SSSR count). The second-order valence-electron chi connectivity index (χ2n) is 5.99. The van der Waals surface area contributed by atoms with E-state index in [0.717, 1.165) is 37.3 Å². The van der Waals surface area contributed by atoms with Crippen LogP contribution in [0.5, 0.6) is 0 Å². The Morgan fingerprint density at radius 1 is 1.58 bits per heavy atom. The number of aliphatic hydroxyl groups is 1. The molecule has 108 valence electrons. The summed E-state index contributed by atoms with van der Waals surface area (Å²) in [5.41, 5.74) is 0.379. The summed E-state index contributed by atoms with van der Waals surface area (Å²) in [6.07, 6.45) is 2.82. The Bertz CT molecular complexity index is 384. The summed E-state index contributed by atoms with van der Waals surface area (Å²) in [7, 11) is 0. The molecule has 1 saturated heterocycles. The number of nitrogens with one attached hydrogen (secondary N) is 2. The predicted molar refractivity (Wildman–Crippen MR) is 73.8 cm³/mol. The maximum atomic E-state index is 10.3. The number of piperidine rings is 1. The molecule has 1 atom stereocenters. The first-order valence-electron chi connectivity index (χ1n) is 7.16. The Hall–Kier alpha value is -0.910. The highest BCUT2D eigenvalue weighted by Crippen LogP contribution is 2.15. The summed E-state index contributed by atoms with van der Waals surface area (Å²) in [4.78, 5) is 0. The van der Waals surface area contributed by atoms with Crippen molar-refractivity contribution in [3.63, 3.8) is 0 Å². The van der Waals surface area contributed by atoms with Crippen molar-refractivity contribution >= 4 is 0 Å². The predicted octanol–water partition coefficient (Wildman–Crippen LogP) is 1.08. The average Bonchev–Trinajstić information content (AvgIpc) is 2.76. The van der Waals surface area contributed by atoms with E-state index in [4.69, 9.17) is 4.52 Å². The molecule has 1 aromatic heterocycles. The van der Waals surface area contributed by atoms with Gasteiger partial charge in [-0.05, 0) is 31.7 Å². The topological polar surface area (TPSA) is 70.3 Å². The average molecular weight is 267 g/mol. The SMILES string of the molecule is CC(C)Cc1cc(CNC[C@@]2(O)CCCNC2)on1. The molecule has 1 fully saturated rings. The van der Waals surface area contributed by atoms with E-state index in [1.165, 1.54) is 0 Å². The molecule has 5 heteroatoms. The maximum Gasteiger partial charge on any atom is 0.150 e. The lowest BCUT2D eigenvalue weighted by Crippen LogP contribution is -2.51. The summed E-state index contributed by atoms with van der Waals surface area (Å²) < 4.78 is 5.28. The third kappa shape index (κ3) is 4.60. The number of hydrogen-bond acceptors (Lipinski definition) is 5. The summed E-state index contributed by atoms with van der Waals surface area (Å²) in [5, 5.41) is 20.8. The Labute approximate surface area is 114 Å². The van der Waals surface area contributed by atoms with Crippen molar-refractivity contribution in [1.29, 1.82) is 0 Å². The van der Waals surface area contributed by atoms with Crippen LogP contribution in [0, 0.1) is 5.92 Å². The van der Waals surface area contributed by atoms with E-state index < -0.39 is 5.60 Å². The summed E-state index contributed by atoms with van der Waals surface area (Å²) >= 11 is 0. The molecule has 0 spiro atoms. The molecule has 3 N–H and O–H groups in total. The first kappa shape index (κ1) is 14.5. The van der Waals surface area contributed by atoms with Crippen LogP contribution in [0.1, 0.15) is 38.1 Å². The molecule has 1 aliphatic heterocycles. The Kier molecular flexibility index (Phi) is 4.96. The molecule has 1 aliphatic rings. The molecule has 0 saturated carbocycles. The molecule has 2 heterocycles. The van der Waals surface area contributed by atoms with Gasteiger partial charge in [0, 0.05) is 19.2 Å². The van der Waals surface area contributed by atoms with Gasteiger partial charge in [-0.1, -0.05) is 19.0 Å². The van der Waals surface area contributed by atoms with Crippen LogP contribution in [-0.4, -0.2) is 35.5 Å². The van der Waals surface area contributed by atoms with Gasteiger partial charge in [0.05, 0.1) is 17.8 Å². The lowest BCUT2D eigenvalue weighted by molar-refractivity contribution is 0.0165. The highest BCUT2D eigenvalue weighted by Gasteiger charge is 2.28. The smallest absolute Gasteiger partial charge is 0.150 e. The number of β-amino-alcohol motifs (C(OH)–C–C–N with tert-alkyl or cyclic N) is 1. The maximum absolute atomic E-state index is 10.3. The van der Waals surface area contributed by atoms with Crippen molar-refractivity contribution in [2.45, 2.75) is 45.3 Å². The molecule has 1 aromatic rings. The summed E-state index contributed by atoms with van der Waals surface area (Å²) in [6.45, 7) is 7.20. The fraction of sp³-hybridized carbons (Fsp3) is 0.786. The monoisotopic (exact) mass is 267 g/mol. The van der Waals surface area contributed by atoms with Crippen molar-refractivity contribution in [3.8, 4) is 0 Å². The van der Waals surface area contributed by atoms with Crippen molar-refractivity contribution < 1.29 is 9.63 Å². The fourth-order valence-electron chi connectivity index (χ4n) is 2.47. The molecule has 0 bridgehead atoms. The zero-order valence-corrected chi connectivity index (χ0v) is 11.9. The highest BCUT2D eigenvalue weighted by atomic mass is 16.5. The van der Waals surface area contributed by atoms with Crippen molar-refractivity contribution in [2.24, 2.45) is 5.92 Å². The van der Waals surface area contributed by atoms with E-state index in [2.05, 4.69) is 29.6 Å². The van der Waals surface area contributed by atoms with Gasteiger partial charge in [0.1, 0.15) is 0 Å². The Morgan fingerprint density at radius 2 is 2.42 bits per heavy atom. The van der Waals surface area contributed by atoms with E-state index in [1.807, 2.05) is 6.07 Å². The van der Waals surface area contributed by atoms with Gasteiger partial charge >= 0.3 is 0 Å². The molecule has 5 nitrogen and oxygen atoms in total. The molecule has 0 aromatic carbocycles. The normalized spacial score (nSPS) is 24.0. The number of aromatic nitrogens is 1. The Morgan fingerprint density at radius 3 is 3.11 bits per heavy atom. The van der Waals surface area contributed by atoms with Crippen LogP contribution in [0.15, 0.2) is 10.6 Å². The molecule has 0 unspecified atom stereocenters. The van der Waals surface area contributed by atoms with Gasteiger partial charge < -0.3 is 20.3 Å². The van der Waals surface area contributed by atoms with Crippen molar-refractivity contribution in [3.05, 3.63) is 17.5 Å². The van der Waals surface area contributed by atoms with E-state index in [-0.39, 0.29) is 0 Å². The van der Waals surface area contributed by atoms with Gasteiger partial charge in [0.25, 0.3) is 0 Å². The van der Waals surface area contributed by atoms with Gasteiger partial charge in [-0.2, -0.15) is 0 Å². The van der Waals surface area contributed by atoms with Crippen LogP contribution in [-0.2, 0) is 13.0 Å². The van der Waals surface area contributed by atoms with Gasteiger partial charge in [0.15, 0.2) is 5.76 Å². The summed E-state index contributed by atoms with van der Waals surface area (Å²) in [5.74, 6) is 1.42. The molecular formula is C14H25N3O2. The first-order chi connectivity index (χ1) is 9.07. The molecular weight excluding hydrogens is 242 g/mol. The van der Waals surface area contributed by atoms with Crippen molar-refractivity contribution in [2.75, 3.05) is 19.6 Å². The van der Waals surface area contributed by atoms with Crippen LogP contribution in [0.3, 0.4) is 0 Å². The van der Waals surface area contributed by atoms with E-state index >= 15 is 0 Å². The highest BCUT2D eigenvalue weighted by molar-refractivity contribution is 5.06. The lowest BCUT2D eigenvalue weighted by Gasteiger charge is -2.32. The quantitative estimate of drug-likeness (QED) is 0.719. The number of hydrogen-bond donors (Lipinski definition) is 3. The second kappa shape index (κ2) is 6.50. The lowest BCUT2D eigenvalue weighted by atomic mass is 9.94. The minimum Gasteiger partial charge on any atom is -0.387 e. The van der Waals surface area contributed by atoms with Gasteiger partial charge in [0.2, 0.25) is 0 Å². The Balaban J connectivity index is 1.74. The fourth-order valence-corrected chi connectivity index (χ4v) is 2.47. The van der Waals surface area contributed by atoms with E-state index in [9.17, 15) is 5.11 Å². The third-order valence-electron chi connectivity index (χ3n) is 3.43. The van der Waals surface area contributed by atoms with E-state index in [1.54, 1.807) is 0 Å². The standard InChI is InChI=1S/C14H25N3O2/c1-11(2)6-12-7-13(19-17-12)8-16-10-14(18)4-3-5-15-9-14/h7,11,15-16,18H,3-6,8-10H2,1-2H3/t14-/m1/s1. The second-order valence-corrected chi connectivity index (χ2v) is 5.99. The van der Waals surface area contributed by atoms with Crippen molar-refractivity contribution in [1.82, 2.24) is 15.8 Å². The molecule has 0 aliphatic carbocycles. The molecule has 0 amide bonds. The van der Waals surface area contributed by atoms with Crippen LogP contribution >= 0.6 is 0 Å². The first-order valence-corrected chi connectivity index (χ1v) is 7.16. The molecule has 0 radical (unpaired) electrons. The van der Waals surface area contributed by atoms with Crippen LogP contribution in [0.2, 0.25) is 0 Å². The largest absolute Gasteiger partial charge is 0.387 e. The van der Waals surface area contributed by atoms with E-state index in [0.29, 0.717) is 25.6 Å². The van der Waals surface area contributed by atoms with Gasteiger partial charge in [-0.25, -0.2) is 0 Å². The van der Waals surface area contributed by atoms with Crippen LogP contribution in [0.4, 0.5) is 0 Å². The van der Waals surface area contributed by atoms with Gasteiger partial charge in [-0.15, -0.1) is 0 Å².